The van der Waals surface area contributed by atoms with Crippen molar-refractivity contribution in [3.63, 3.8) is 0 Å². The summed E-state index contributed by atoms with van der Waals surface area (Å²) in [4.78, 5) is 28.6. The lowest BCUT2D eigenvalue weighted by atomic mass is 10.0. The molecule has 3 rings (SSSR count). The van der Waals surface area contributed by atoms with Gasteiger partial charge < -0.3 is 10.2 Å². The number of nitrogens with one attached hydrogen (secondary N) is 1. The van der Waals surface area contributed by atoms with Gasteiger partial charge in [0, 0.05) is 34.6 Å². The van der Waals surface area contributed by atoms with Gasteiger partial charge in [-0.2, -0.15) is 0 Å². The zero-order chi connectivity index (χ0) is 24.5. The van der Waals surface area contributed by atoms with Gasteiger partial charge in [-0.25, -0.2) is 0 Å². The van der Waals surface area contributed by atoms with Gasteiger partial charge in [0.1, 0.15) is 6.04 Å². The molecule has 0 aliphatic carbocycles. The molecule has 7 heteroatoms. The molecule has 0 unspecified atom stereocenters. The maximum atomic E-state index is 13.7. The van der Waals surface area contributed by atoms with Crippen molar-refractivity contribution in [1.82, 2.24) is 10.2 Å². The number of halogens is 3. The molecule has 0 spiro atoms. The Morgan fingerprint density at radius 1 is 0.853 bits per heavy atom. The lowest BCUT2D eigenvalue weighted by Crippen LogP contribution is -2.51. The minimum atomic E-state index is -0.710. The molecule has 4 nitrogen and oxygen atoms in total. The van der Waals surface area contributed by atoms with E-state index < -0.39 is 6.04 Å². The Labute approximate surface area is 215 Å². The number of hydrogen-bond donors (Lipinski definition) is 1. The summed E-state index contributed by atoms with van der Waals surface area (Å²) in [5.74, 6) is -0.434. The summed E-state index contributed by atoms with van der Waals surface area (Å²) in [7, 11) is 0. The predicted octanol–water partition coefficient (Wildman–Crippen LogP) is 6.36. The van der Waals surface area contributed by atoms with Crippen molar-refractivity contribution in [3.05, 3.63) is 105 Å². The van der Waals surface area contributed by atoms with Crippen LogP contribution in [-0.4, -0.2) is 29.3 Å². The number of carbonyl (C=O) groups excluding carboxylic acids is 2. The molecule has 0 bridgehead atoms. The monoisotopic (exact) mass is 516 g/mol. The highest BCUT2D eigenvalue weighted by Crippen LogP contribution is 2.26. The Hall–Kier alpha value is -2.53. The van der Waals surface area contributed by atoms with Crippen LogP contribution in [0, 0.1) is 0 Å². The summed E-state index contributed by atoms with van der Waals surface area (Å²) in [6.07, 6.45) is 1.16. The zero-order valence-corrected chi connectivity index (χ0v) is 21.2. The van der Waals surface area contributed by atoms with Gasteiger partial charge in [0.05, 0.1) is 6.42 Å². The summed E-state index contributed by atoms with van der Waals surface area (Å²) in [5.41, 5.74) is 2.37. The molecule has 0 saturated carbocycles. The lowest BCUT2D eigenvalue weighted by Gasteiger charge is -2.32. The molecule has 1 N–H and O–H groups in total. The second-order valence-electron chi connectivity index (χ2n) is 8.02. The first kappa shape index (κ1) is 26.1. The molecule has 3 aromatic rings. The van der Waals surface area contributed by atoms with E-state index in [1.165, 1.54) is 0 Å². The Balaban J connectivity index is 1.98. The molecule has 0 aromatic heterocycles. The molecular formula is C27H27Cl3N2O2. The van der Waals surface area contributed by atoms with E-state index >= 15 is 0 Å². The van der Waals surface area contributed by atoms with Crippen LogP contribution in [0.2, 0.25) is 15.1 Å². The van der Waals surface area contributed by atoms with Crippen LogP contribution in [0.5, 0.6) is 0 Å². The third-order valence-corrected chi connectivity index (χ3v) is 6.44. The van der Waals surface area contributed by atoms with Crippen molar-refractivity contribution in [1.29, 1.82) is 0 Å². The van der Waals surface area contributed by atoms with E-state index in [9.17, 15) is 9.59 Å². The third-order valence-electron chi connectivity index (χ3n) is 5.48. The van der Waals surface area contributed by atoms with Crippen molar-refractivity contribution in [3.8, 4) is 0 Å². The van der Waals surface area contributed by atoms with Crippen LogP contribution < -0.4 is 5.32 Å². The average Bonchev–Trinajstić information content (AvgIpc) is 2.84. The van der Waals surface area contributed by atoms with Gasteiger partial charge in [-0.1, -0.05) is 90.3 Å². The van der Waals surface area contributed by atoms with Crippen molar-refractivity contribution in [2.45, 2.75) is 38.8 Å². The first-order chi connectivity index (χ1) is 16.4. The van der Waals surface area contributed by atoms with Crippen LogP contribution in [0.3, 0.4) is 0 Å². The Bertz CT molecular complexity index is 1080. The van der Waals surface area contributed by atoms with E-state index in [2.05, 4.69) is 5.32 Å². The Morgan fingerprint density at radius 2 is 1.50 bits per heavy atom. The van der Waals surface area contributed by atoms with Crippen LogP contribution in [-0.2, 0) is 29.0 Å². The van der Waals surface area contributed by atoms with E-state index in [4.69, 9.17) is 34.8 Å². The van der Waals surface area contributed by atoms with Gasteiger partial charge in [-0.3, -0.25) is 9.59 Å². The molecule has 0 aliphatic heterocycles. The van der Waals surface area contributed by atoms with Crippen LogP contribution in [0.15, 0.2) is 72.8 Å². The van der Waals surface area contributed by atoms with Gasteiger partial charge in [-0.15, -0.1) is 0 Å². The van der Waals surface area contributed by atoms with E-state index in [1.807, 2.05) is 49.4 Å². The fraction of sp³-hybridized carbons (Fsp3) is 0.259. The average molecular weight is 518 g/mol. The van der Waals surface area contributed by atoms with E-state index in [0.717, 1.165) is 17.5 Å². The molecular weight excluding hydrogens is 491 g/mol. The molecule has 178 valence electrons. The summed E-state index contributed by atoms with van der Waals surface area (Å²) in [6, 6.07) is 21.4. The van der Waals surface area contributed by atoms with Crippen LogP contribution in [0.25, 0.3) is 0 Å². The molecule has 1 atom stereocenters. The van der Waals surface area contributed by atoms with Gasteiger partial charge in [0.15, 0.2) is 0 Å². The first-order valence-electron chi connectivity index (χ1n) is 11.2. The molecule has 0 saturated heterocycles. The maximum absolute atomic E-state index is 13.7. The number of hydrogen-bond acceptors (Lipinski definition) is 2. The standard InChI is InChI=1S/C27H27Cl3N2O2/c1-2-15-31-27(34)25(16-19-7-4-3-5-8-19)32(18-20-11-13-21(28)14-12-20)26(33)17-22-23(29)9-6-10-24(22)30/h3-14,25H,2,15-18H2,1H3,(H,31,34)/t25-/m1/s1. The summed E-state index contributed by atoms with van der Waals surface area (Å²) in [6.45, 7) is 2.76. The highest BCUT2D eigenvalue weighted by Gasteiger charge is 2.31. The summed E-state index contributed by atoms with van der Waals surface area (Å²) in [5, 5.41) is 4.40. The van der Waals surface area contributed by atoms with Crippen LogP contribution >= 0.6 is 34.8 Å². The van der Waals surface area contributed by atoms with Gasteiger partial charge >= 0.3 is 0 Å². The Kier molecular flexibility index (Phi) is 9.82. The first-order valence-corrected chi connectivity index (χ1v) is 12.3. The fourth-order valence-electron chi connectivity index (χ4n) is 3.66. The van der Waals surface area contributed by atoms with Gasteiger partial charge in [0.2, 0.25) is 11.8 Å². The minimum absolute atomic E-state index is 0.0154. The second kappa shape index (κ2) is 12.8. The van der Waals surface area contributed by atoms with Crippen molar-refractivity contribution in [2.75, 3.05) is 6.54 Å². The Morgan fingerprint density at radius 3 is 2.12 bits per heavy atom. The molecule has 0 fully saturated rings. The quantitative estimate of drug-likeness (QED) is 0.340. The predicted molar refractivity (Wildman–Crippen MR) is 139 cm³/mol. The zero-order valence-electron chi connectivity index (χ0n) is 18.9. The lowest BCUT2D eigenvalue weighted by molar-refractivity contribution is -0.140. The molecule has 0 radical (unpaired) electrons. The summed E-state index contributed by atoms with van der Waals surface area (Å²) >= 11 is 18.8. The number of rotatable bonds is 10. The van der Waals surface area contributed by atoms with Crippen molar-refractivity contribution in [2.24, 2.45) is 0 Å². The van der Waals surface area contributed by atoms with Crippen LogP contribution in [0.4, 0.5) is 0 Å². The van der Waals surface area contributed by atoms with Gasteiger partial charge in [-0.05, 0) is 47.4 Å². The fourth-order valence-corrected chi connectivity index (χ4v) is 4.32. The third kappa shape index (κ3) is 7.23. The normalized spacial score (nSPS) is 11.6. The molecule has 0 heterocycles. The van der Waals surface area contributed by atoms with E-state index in [-0.39, 0.29) is 24.8 Å². The molecule has 34 heavy (non-hydrogen) atoms. The highest BCUT2D eigenvalue weighted by atomic mass is 35.5. The number of nitrogens with zero attached hydrogens (tertiary/aromatic N) is 1. The molecule has 3 aromatic carbocycles. The number of carbonyl (C=O) groups is 2. The molecule has 2 amide bonds. The summed E-state index contributed by atoms with van der Waals surface area (Å²) < 4.78 is 0. The van der Waals surface area contributed by atoms with Crippen LogP contribution in [0.1, 0.15) is 30.0 Å². The maximum Gasteiger partial charge on any atom is 0.243 e. The number of benzene rings is 3. The topological polar surface area (TPSA) is 49.4 Å². The SMILES string of the molecule is CCCNC(=O)[C@@H](Cc1ccccc1)N(Cc1ccc(Cl)cc1)C(=O)Cc1c(Cl)cccc1Cl. The van der Waals surface area contributed by atoms with E-state index in [0.29, 0.717) is 33.6 Å². The smallest absolute Gasteiger partial charge is 0.243 e. The highest BCUT2D eigenvalue weighted by molar-refractivity contribution is 6.36. The number of amides is 2. The molecule has 0 aliphatic rings. The second-order valence-corrected chi connectivity index (χ2v) is 9.27. The minimum Gasteiger partial charge on any atom is -0.354 e. The van der Waals surface area contributed by atoms with Crippen molar-refractivity contribution < 1.29 is 9.59 Å². The largest absolute Gasteiger partial charge is 0.354 e. The van der Waals surface area contributed by atoms with Gasteiger partial charge in [0.25, 0.3) is 0 Å². The van der Waals surface area contributed by atoms with E-state index in [1.54, 1.807) is 35.2 Å². The van der Waals surface area contributed by atoms with Crippen molar-refractivity contribution >= 4 is 46.6 Å².